The third kappa shape index (κ3) is 1.23. The van der Waals surface area contributed by atoms with Gasteiger partial charge in [0.1, 0.15) is 0 Å². The topological polar surface area (TPSA) is 25.8 Å². The van der Waals surface area contributed by atoms with E-state index in [4.69, 9.17) is 0 Å². The fourth-order valence-electron chi connectivity index (χ4n) is 4.82. The zero-order valence-electron chi connectivity index (χ0n) is 8.85. The van der Waals surface area contributed by atoms with E-state index in [1.165, 1.54) is 44.2 Å². The summed E-state index contributed by atoms with van der Waals surface area (Å²) in [6.45, 7) is 0. The van der Waals surface area contributed by atoms with Crippen molar-refractivity contribution in [3.8, 4) is 0 Å². The zero-order valence-corrected chi connectivity index (χ0v) is 10.6. The van der Waals surface area contributed by atoms with Gasteiger partial charge in [0.15, 0.2) is 0 Å². The van der Waals surface area contributed by atoms with Gasteiger partial charge in [0.05, 0.1) is 0 Å². The Balaban J connectivity index is 1.77. The van der Waals surface area contributed by atoms with Gasteiger partial charge in [0.2, 0.25) is 0 Å². The van der Waals surface area contributed by atoms with Gasteiger partial charge in [-0.15, -0.1) is 0 Å². The molecule has 0 spiro atoms. The van der Waals surface area contributed by atoms with E-state index in [-0.39, 0.29) is 0 Å². The number of aromatic nitrogens is 2. The first kappa shape index (κ1) is 8.95. The summed E-state index contributed by atoms with van der Waals surface area (Å²) < 4.78 is 4.22. The Hall–Kier alpha value is -0.141. The Labute approximate surface area is 96.4 Å². The molecule has 0 aliphatic heterocycles. The van der Waals surface area contributed by atoms with Crippen LogP contribution in [0.4, 0.5) is 0 Å². The molecule has 4 bridgehead atoms. The summed E-state index contributed by atoms with van der Waals surface area (Å²) in [5, 5.41) is 4.44. The third-order valence-electron chi connectivity index (χ3n) is 4.94. The second-order valence-corrected chi connectivity index (χ2v) is 7.27. The van der Waals surface area contributed by atoms with Crippen LogP contribution >= 0.6 is 0 Å². The van der Waals surface area contributed by atoms with Crippen LogP contribution in [0.5, 0.6) is 0 Å². The maximum absolute atomic E-state index is 4.44. The van der Waals surface area contributed by atoms with E-state index >= 15 is 0 Å². The predicted molar refractivity (Wildman–Crippen MR) is 58.8 cm³/mol. The molecule has 0 aromatic carbocycles. The van der Waals surface area contributed by atoms with Gasteiger partial charge >= 0.3 is 96.3 Å². The fraction of sp³-hybridized carbons (Fsp3) is 0.833. The normalized spacial score (nSPS) is 47.3. The van der Waals surface area contributed by atoms with Gasteiger partial charge in [-0.05, 0) is 0 Å². The van der Waals surface area contributed by atoms with Gasteiger partial charge in [0.25, 0.3) is 0 Å². The van der Waals surface area contributed by atoms with Gasteiger partial charge in [-0.2, -0.15) is 0 Å². The molecule has 0 atom stereocenters. The molecule has 2 nitrogen and oxygen atoms in total. The van der Waals surface area contributed by atoms with Crippen molar-refractivity contribution in [2.45, 2.75) is 43.9 Å². The van der Waals surface area contributed by atoms with Gasteiger partial charge in [0, 0.05) is 0 Å². The van der Waals surface area contributed by atoms with Gasteiger partial charge < -0.3 is 0 Å². The van der Waals surface area contributed by atoms with E-state index in [9.17, 15) is 0 Å². The van der Waals surface area contributed by atoms with E-state index in [2.05, 4.69) is 14.1 Å². The van der Waals surface area contributed by atoms with Crippen LogP contribution in [0.2, 0.25) is 0 Å². The SMILES string of the molecule is c1[se]nnc1C12CC3CC(CC(C3)C1)C2. The first-order valence-corrected chi connectivity index (χ1v) is 7.87. The van der Waals surface area contributed by atoms with Gasteiger partial charge in [-0.25, -0.2) is 0 Å². The van der Waals surface area contributed by atoms with Gasteiger partial charge in [-0.3, -0.25) is 0 Å². The summed E-state index contributed by atoms with van der Waals surface area (Å²) in [6, 6.07) is 0. The molecule has 4 saturated carbocycles. The molecule has 80 valence electrons. The molecule has 0 amide bonds. The number of nitrogens with zero attached hydrogens (tertiary/aromatic N) is 2. The predicted octanol–water partition coefficient (Wildman–Crippen LogP) is 2.00. The minimum atomic E-state index is 0.332. The zero-order chi connectivity index (χ0) is 9.88. The molecule has 3 heteroatoms. The molecule has 0 N–H and O–H groups in total. The molecule has 0 unspecified atom stereocenters. The van der Waals surface area contributed by atoms with Crippen LogP contribution in [0.25, 0.3) is 0 Å². The summed E-state index contributed by atoms with van der Waals surface area (Å²) >= 11 is 0.332. The van der Waals surface area contributed by atoms with E-state index in [1.807, 2.05) is 0 Å². The van der Waals surface area contributed by atoms with Crippen LogP contribution in [0.3, 0.4) is 0 Å². The molecule has 1 heterocycles. The average molecular weight is 267 g/mol. The first-order valence-electron chi connectivity index (χ1n) is 6.12. The molecule has 4 fully saturated rings. The van der Waals surface area contributed by atoms with Gasteiger partial charge in [-0.1, -0.05) is 0 Å². The summed E-state index contributed by atoms with van der Waals surface area (Å²) in [6.07, 6.45) is 8.86. The first-order chi connectivity index (χ1) is 7.34. The van der Waals surface area contributed by atoms with Crippen molar-refractivity contribution in [2.24, 2.45) is 17.8 Å². The third-order valence-corrected chi connectivity index (χ3v) is 6.00. The summed E-state index contributed by atoms with van der Waals surface area (Å²) in [5.74, 6) is 3.08. The van der Waals surface area contributed by atoms with Crippen molar-refractivity contribution >= 4 is 14.7 Å². The Morgan fingerprint density at radius 1 is 1.07 bits per heavy atom. The van der Waals surface area contributed by atoms with Crippen molar-refractivity contribution < 1.29 is 0 Å². The molecular formula is C12H16N2Se. The van der Waals surface area contributed by atoms with Crippen LogP contribution in [-0.2, 0) is 5.41 Å². The second kappa shape index (κ2) is 2.95. The molecule has 1 aromatic rings. The standard InChI is InChI=1S/C12H16N2Se/c1-8-2-10-3-9(1)5-12(4-8,6-10)11-7-15-14-13-11/h7-10H,1-6H2. The van der Waals surface area contributed by atoms with E-state index in [1.54, 1.807) is 0 Å². The average Bonchev–Trinajstić information content (AvgIpc) is 2.67. The monoisotopic (exact) mass is 268 g/mol. The maximum atomic E-state index is 4.44. The molecule has 5 rings (SSSR count). The van der Waals surface area contributed by atoms with Crippen molar-refractivity contribution in [1.29, 1.82) is 0 Å². The number of hydrogen-bond donors (Lipinski definition) is 0. The van der Waals surface area contributed by atoms with Crippen molar-refractivity contribution in [3.05, 3.63) is 10.6 Å². The summed E-state index contributed by atoms with van der Waals surface area (Å²) in [5.41, 5.74) is 1.89. The van der Waals surface area contributed by atoms with Crippen LogP contribution in [0, 0.1) is 17.8 Å². The Morgan fingerprint density at radius 2 is 1.67 bits per heavy atom. The van der Waals surface area contributed by atoms with Crippen molar-refractivity contribution in [2.75, 3.05) is 0 Å². The number of hydrogen-bond acceptors (Lipinski definition) is 2. The van der Waals surface area contributed by atoms with E-state index in [0.717, 1.165) is 17.8 Å². The minimum absolute atomic E-state index is 0.332. The Bertz CT molecular complexity index is 336. The van der Waals surface area contributed by atoms with Crippen molar-refractivity contribution in [1.82, 2.24) is 9.19 Å². The van der Waals surface area contributed by atoms with Crippen LogP contribution in [0.1, 0.15) is 44.2 Å². The molecular weight excluding hydrogens is 251 g/mol. The van der Waals surface area contributed by atoms with Crippen LogP contribution in [0.15, 0.2) is 4.94 Å². The van der Waals surface area contributed by atoms with Crippen LogP contribution < -0.4 is 0 Å². The van der Waals surface area contributed by atoms with E-state index in [0.29, 0.717) is 20.1 Å². The Kier molecular flexibility index (Phi) is 1.76. The molecule has 15 heavy (non-hydrogen) atoms. The molecule has 4 aliphatic carbocycles. The van der Waals surface area contributed by atoms with Crippen LogP contribution in [-0.4, -0.2) is 23.9 Å². The Morgan fingerprint density at radius 3 is 2.13 bits per heavy atom. The van der Waals surface area contributed by atoms with Crippen molar-refractivity contribution in [3.63, 3.8) is 0 Å². The second-order valence-electron chi connectivity index (χ2n) is 5.99. The number of rotatable bonds is 1. The summed E-state index contributed by atoms with van der Waals surface area (Å²) in [7, 11) is 0. The summed E-state index contributed by atoms with van der Waals surface area (Å²) in [4.78, 5) is 2.35. The molecule has 0 radical (unpaired) electrons. The molecule has 0 saturated heterocycles. The van der Waals surface area contributed by atoms with E-state index < -0.39 is 0 Å². The quantitative estimate of drug-likeness (QED) is 0.727. The molecule has 1 aromatic heterocycles. The molecule has 4 aliphatic rings. The fourth-order valence-corrected chi connectivity index (χ4v) is 6.04.